The van der Waals surface area contributed by atoms with Crippen LogP contribution in [0.2, 0.25) is 10.0 Å². The Bertz CT molecular complexity index is 1070. The number of likely N-dealkylation sites (tertiary alicyclic amines) is 2. The fourth-order valence-electron chi connectivity index (χ4n) is 4.38. The number of nitrogens with zero attached hydrogens (tertiary/aromatic N) is 2. The van der Waals surface area contributed by atoms with Gasteiger partial charge in [-0.05, 0) is 36.6 Å². The Kier molecular flexibility index (Phi) is 5.92. The number of benzene rings is 2. The van der Waals surface area contributed by atoms with E-state index in [0.29, 0.717) is 61.2 Å². The number of hydrogen-bond acceptors (Lipinski definition) is 2. The Balaban J connectivity index is 1.41. The van der Waals surface area contributed by atoms with E-state index >= 15 is 0 Å². The third-order valence-corrected chi connectivity index (χ3v) is 6.84. The van der Waals surface area contributed by atoms with Gasteiger partial charge in [0, 0.05) is 37.7 Å². The quantitative estimate of drug-likeness (QED) is 0.609. The van der Waals surface area contributed by atoms with Gasteiger partial charge in [0.05, 0.1) is 22.0 Å². The zero-order valence-corrected chi connectivity index (χ0v) is 17.9. The van der Waals surface area contributed by atoms with Crippen molar-refractivity contribution in [1.29, 1.82) is 0 Å². The maximum absolute atomic E-state index is 14.0. The number of hydrogen-bond donors (Lipinski definition) is 0. The minimum atomic E-state index is -1.33. The molecule has 2 amide bonds. The summed E-state index contributed by atoms with van der Waals surface area (Å²) >= 11 is 11.9. The molecule has 2 aromatic carbocycles. The summed E-state index contributed by atoms with van der Waals surface area (Å²) in [5.41, 5.74) is -0.00300. The second-order valence-electron chi connectivity index (χ2n) is 8.21. The second-order valence-corrected chi connectivity index (χ2v) is 9.03. The van der Waals surface area contributed by atoms with E-state index in [1.165, 1.54) is 4.90 Å². The van der Waals surface area contributed by atoms with Crippen LogP contribution in [-0.4, -0.2) is 47.8 Å². The van der Waals surface area contributed by atoms with Gasteiger partial charge in [-0.1, -0.05) is 29.3 Å². The zero-order chi connectivity index (χ0) is 22.3. The molecule has 2 heterocycles. The third kappa shape index (κ3) is 4.39. The molecule has 2 saturated heterocycles. The van der Waals surface area contributed by atoms with Crippen LogP contribution in [0.15, 0.2) is 30.3 Å². The smallest absolute Gasteiger partial charge is 0.256 e. The lowest BCUT2D eigenvalue weighted by Crippen LogP contribution is -2.36. The van der Waals surface area contributed by atoms with E-state index in [1.54, 1.807) is 23.1 Å². The van der Waals surface area contributed by atoms with E-state index in [0.717, 1.165) is 5.56 Å². The summed E-state index contributed by atoms with van der Waals surface area (Å²) in [5.74, 6) is -4.41. The molecule has 2 aliphatic rings. The van der Waals surface area contributed by atoms with Gasteiger partial charge in [0.15, 0.2) is 11.6 Å². The molecule has 9 heteroatoms. The van der Waals surface area contributed by atoms with E-state index in [9.17, 15) is 22.8 Å². The van der Waals surface area contributed by atoms with Gasteiger partial charge in [0.1, 0.15) is 5.82 Å². The molecular weight excluding hydrogens is 452 g/mol. The summed E-state index contributed by atoms with van der Waals surface area (Å²) in [6, 6.07) is 6.05. The van der Waals surface area contributed by atoms with Crippen molar-refractivity contribution >= 4 is 35.0 Å². The molecule has 1 spiro atoms. The van der Waals surface area contributed by atoms with Crippen molar-refractivity contribution in [3.63, 3.8) is 0 Å². The number of carbonyl (C=O) groups excluding carboxylic acids is 2. The van der Waals surface area contributed by atoms with Gasteiger partial charge in [0.2, 0.25) is 5.91 Å². The van der Waals surface area contributed by atoms with Crippen LogP contribution in [0.3, 0.4) is 0 Å². The molecular formula is C22H19Cl2F3N2O2. The van der Waals surface area contributed by atoms with Gasteiger partial charge in [-0.3, -0.25) is 9.59 Å². The second kappa shape index (κ2) is 8.36. The molecule has 0 N–H and O–H groups in total. The molecule has 31 heavy (non-hydrogen) atoms. The predicted molar refractivity (Wildman–Crippen MR) is 111 cm³/mol. The highest BCUT2D eigenvalue weighted by Crippen LogP contribution is 2.40. The minimum absolute atomic E-state index is 0.0494. The highest BCUT2D eigenvalue weighted by Gasteiger charge is 2.46. The Morgan fingerprint density at radius 2 is 1.52 bits per heavy atom. The first kappa shape index (κ1) is 22.0. The molecule has 2 fully saturated rings. The molecule has 0 aromatic heterocycles. The lowest BCUT2D eigenvalue weighted by atomic mass is 9.86. The summed E-state index contributed by atoms with van der Waals surface area (Å²) in [6.07, 6.45) is 1.56. The molecule has 1 atom stereocenters. The van der Waals surface area contributed by atoms with Gasteiger partial charge in [0.25, 0.3) is 5.91 Å². The van der Waals surface area contributed by atoms with Crippen LogP contribution < -0.4 is 0 Å². The molecule has 0 bridgehead atoms. The maximum atomic E-state index is 14.0. The normalized spacial score (nSPS) is 20.7. The zero-order valence-electron chi connectivity index (χ0n) is 16.4. The number of amides is 2. The molecule has 1 unspecified atom stereocenters. The lowest BCUT2D eigenvalue weighted by Gasteiger charge is -2.25. The van der Waals surface area contributed by atoms with Gasteiger partial charge in [-0.2, -0.15) is 0 Å². The summed E-state index contributed by atoms with van der Waals surface area (Å²) in [4.78, 5) is 28.6. The average Bonchev–Trinajstić information content (AvgIpc) is 3.34. The summed E-state index contributed by atoms with van der Waals surface area (Å²) in [6.45, 7) is 1.74. The van der Waals surface area contributed by atoms with Crippen molar-refractivity contribution < 1.29 is 22.8 Å². The van der Waals surface area contributed by atoms with Crippen molar-refractivity contribution in [1.82, 2.24) is 9.80 Å². The third-order valence-electron chi connectivity index (χ3n) is 6.10. The molecule has 0 aliphatic carbocycles. The average molecular weight is 471 g/mol. The van der Waals surface area contributed by atoms with Crippen molar-refractivity contribution in [2.75, 3.05) is 26.2 Å². The highest BCUT2D eigenvalue weighted by atomic mass is 35.5. The summed E-state index contributed by atoms with van der Waals surface area (Å²) < 4.78 is 40.7. The number of rotatable bonds is 3. The van der Waals surface area contributed by atoms with E-state index in [2.05, 4.69) is 0 Å². The van der Waals surface area contributed by atoms with Gasteiger partial charge in [-0.15, -0.1) is 0 Å². The molecule has 0 radical (unpaired) electrons. The molecule has 2 aliphatic heterocycles. The Morgan fingerprint density at radius 3 is 2.23 bits per heavy atom. The van der Waals surface area contributed by atoms with Crippen molar-refractivity contribution in [2.45, 2.75) is 19.3 Å². The monoisotopic (exact) mass is 470 g/mol. The van der Waals surface area contributed by atoms with Crippen LogP contribution in [0.4, 0.5) is 13.2 Å². The van der Waals surface area contributed by atoms with E-state index in [4.69, 9.17) is 23.2 Å². The largest absolute Gasteiger partial charge is 0.342 e. The van der Waals surface area contributed by atoms with Crippen LogP contribution in [0.1, 0.15) is 28.8 Å². The van der Waals surface area contributed by atoms with Crippen LogP contribution in [-0.2, 0) is 11.2 Å². The lowest BCUT2D eigenvalue weighted by molar-refractivity contribution is -0.129. The Hall–Kier alpha value is -2.25. The van der Waals surface area contributed by atoms with Crippen LogP contribution in [0, 0.1) is 22.9 Å². The summed E-state index contributed by atoms with van der Waals surface area (Å²) in [7, 11) is 0. The topological polar surface area (TPSA) is 40.6 Å². The Labute approximate surface area is 187 Å². The first-order valence-electron chi connectivity index (χ1n) is 9.83. The number of carbonyl (C=O) groups is 2. The standard InChI is InChI=1S/C22H19Cl2F3N2O2/c23-15-2-1-13(7-16(15)24)8-20(30)28-5-3-22(11-28)4-6-29(12-22)21(31)14-9-18(26)19(27)10-17(14)25/h1-2,7,9-10H,3-6,8,11-12H2. The summed E-state index contributed by atoms with van der Waals surface area (Å²) in [5, 5.41) is 0.811. The van der Waals surface area contributed by atoms with Crippen LogP contribution in [0.5, 0.6) is 0 Å². The molecule has 4 rings (SSSR count). The molecule has 4 nitrogen and oxygen atoms in total. The van der Waals surface area contributed by atoms with Crippen molar-refractivity contribution in [2.24, 2.45) is 5.41 Å². The molecule has 164 valence electrons. The van der Waals surface area contributed by atoms with Crippen molar-refractivity contribution in [3.8, 4) is 0 Å². The van der Waals surface area contributed by atoms with E-state index in [-0.39, 0.29) is 17.7 Å². The highest BCUT2D eigenvalue weighted by molar-refractivity contribution is 6.42. The van der Waals surface area contributed by atoms with E-state index < -0.39 is 28.9 Å². The SMILES string of the molecule is O=C(Cc1ccc(Cl)c(Cl)c1)N1CCC2(CCN(C(=O)c3cc(F)c(F)cc3F)C2)C1. The van der Waals surface area contributed by atoms with Crippen molar-refractivity contribution in [3.05, 3.63) is 69.0 Å². The van der Waals surface area contributed by atoms with Gasteiger partial charge in [-0.25, -0.2) is 13.2 Å². The maximum Gasteiger partial charge on any atom is 0.256 e. The first-order valence-corrected chi connectivity index (χ1v) is 10.6. The van der Waals surface area contributed by atoms with E-state index in [1.807, 2.05) is 0 Å². The van der Waals surface area contributed by atoms with Gasteiger partial charge < -0.3 is 9.80 Å². The molecule has 2 aromatic rings. The molecule has 0 saturated carbocycles. The van der Waals surface area contributed by atoms with Gasteiger partial charge >= 0.3 is 0 Å². The predicted octanol–water partition coefficient (Wildman–Crippen LogP) is 4.72. The fourth-order valence-corrected chi connectivity index (χ4v) is 4.70. The fraction of sp³-hybridized carbons (Fsp3) is 0.364. The Morgan fingerprint density at radius 1 is 0.871 bits per heavy atom. The van der Waals surface area contributed by atoms with Crippen LogP contribution >= 0.6 is 23.2 Å². The number of halogens is 5. The van der Waals surface area contributed by atoms with Crippen LogP contribution in [0.25, 0.3) is 0 Å². The minimum Gasteiger partial charge on any atom is -0.342 e. The first-order chi connectivity index (χ1) is 14.7.